The first-order chi connectivity index (χ1) is 5.65. The average Bonchev–Trinajstić information content (AvgIpc) is 2.05. The van der Waals surface area contributed by atoms with E-state index in [0.717, 1.165) is 12.8 Å². The maximum absolute atomic E-state index is 11.1. The van der Waals surface area contributed by atoms with Crippen molar-refractivity contribution in [2.45, 2.75) is 32.6 Å². The van der Waals surface area contributed by atoms with Gasteiger partial charge in [-0.3, -0.25) is 9.59 Å². The van der Waals surface area contributed by atoms with E-state index in [1.54, 1.807) is 0 Å². The van der Waals surface area contributed by atoms with E-state index in [1.807, 2.05) is 6.92 Å². The minimum atomic E-state index is -0.946. The third kappa shape index (κ3) is 1.84. The summed E-state index contributed by atoms with van der Waals surface area (Å²) >= 11 is 0. The molecule has 1 aliphatic carbocycles. The highest BCUT2D eigenvalue weighted by Crippen LogP contribution is 2.28. The fraction of sp³-hybridized carbons (Fsp3) is 0.778. The van der Waals surface area contributed by atoms with Gasteiger partial charge in [-0.05, 0) is 18.8 Å². The molecule has 12 heavy (non-hydrogen) atoms. The van der Waals surface area contributed by atoms with Crippen molar-refractivity contribution in [3.05, 3.63) is 0 Å². The molecule has 0 aromatic carbocycles. The van der Waals surface area contributed by atoms with Crippen molar-refractivity contribution in [3.8, 4) is 0 Å². The summed E-state index contributed by atoms with van der Waals surface area (Å²) in [5, 5.41) is 8.70. The lowest BCUT2D eigenvalue weighted by molar-refractivity contribution is -0.148. The zero-order valence-corrected chi connectivity index (χ0v) is 7.25. The molecule has 0 bridgehead atoms. The topological polar surface area (TPSA) is 54.4 Å². The van der Waals surface area contributed by atoms with E-state index in [2.05, 4.69) is 0 Å². The van der Waals surface area contributed by atoms with E-state index in [0.29, 0.717) is 18.8 Å². The smallest absolute Gasteiger partial charge is 0.314 e. The first-order valence-electron chi connectivity index (χ1n) is 4.40. The number of hydrogen-bond acceptors (Lipinski definition) is 2. The molecule has 1 N–H and O–H groups in total. The van der Waals surface area contributed by atoms with Crippen molar-refractivity contribution >= 4 is 11.8 Å². The molecule has 1 fully saturated rings. The second-order valence-corrected chi connectivity index (χ2v) is 3.41. The van der Waals surface area contributed by atoms with Crippen LogP contribution < -0.4 is 0 Å². The number of carbonyl (C=O) groups excluding carboxylic acids is 1. The summed E-state index contributed by atoms with van der Waals surface area (Å²) in [6.45, 7) is 2.04. The fourth-order valence-corrected chi connectivity index (χ4v) is 1.71. The molecular weight excluding hydrogens is 156 g/mol. The van der Waals surface area contributed by atoms with Crippen LogP contribution in [0.3, 0.4) is 0 Å². The maximum atomic E-state index is 11.1. The Balaban J connectivity index is 2.59. The van der Waals surface area contributed by atoms with Gasteiger partial charge in [0, 0.05) is 6.42 Å². The lowest BCUT2D eigenvalue weighted by atomic mass is 9.79. The molecule has 0 aromatic rings. The highest BCUT2D eigenvalue weighted by Gasteiger charge is 2.32. The molecule has 1 aliphatic rings. The summed E-state index contributed by atoms with van der Waals surface area (Å²) in [6, 6.07) is 0. The molecule has 1 saturated carbocycles. The lowest BCUT2D eigenvalue weighted by Crippen LogP contribution is -2.30. The Bertz CT molecular complexity index is 198. The van der Waals surface area contributed by atoms with E-state index in [1.165, 1.54) is 0 Å². The van der Waals surface area contributed by atoms with E-state index < -0.39 is 11.9 Å². The van der Waals surface area contributed by atoms with E-state index in [4.69, 9.17) is 5.11 Å². The first-order valence-corrected chi connectivity index (χ1v) is 4.40. The number of ketones is 1. The van der Waals surface area contributed by atoms with E-state index >= 15 is 0 Å². The number of carboxylic acid groups (broad SMARTS) is 1. The molecule has 3 nitrogen and oxygen atoms in total. The largest absolute Gasteiger partial charge is 0.481 e. The fourth-order valence-electron chi connectivity index (χ4n) is 1.71. The minimum Gasteiger partial charge on any atom is -0.481 e. The molecule has 2 atom stereocenters. The zero-order chi connectivity index (χ0) is 9.14. The number of carboxylic acids is 1. The molecule has 3 heteroatoms. The van der Waals surface area contributed by atoms with Crippen molar-refractivity contribution in [1.82, 2.24) is 0 Å². The number of hydrogen-bond donors (Lipinski definition) is 1. The molecule has 1 rings (SSSR count). The Labute approximate surface area is 71.8 Å². The SMILES string of the molecule is CC[C@H]1CCC(=O)[C@H](C(=O)O)C1. The van der Waals surface area contributed by atoms with Gasteiger partial charge in [0.1, 0.15) is 11.7 Å². The van der Waals surface area contributed by atoms with Crippen LogP contribution in [0.2, 0.25) is 0 Å². The summed E-state index contributed by atoms with van der Waals surface area (Å²) in [6.07, 6.45) is 2.86. The summed E-state index contributed by atoms with van der Waals surface area (Å²) < 4.78 is 0. The molecule has 0 saturated heterocycles. The van der Waals surface area contributed by atoms with Crippen molar-refractivity contribution < 1.29 is 14.7 Å². The van der Waals surface area contributed by atoms with Crippen LogP contribution in [0.4, 0.5) is 0 Å². The van der Waals surface area contributed by atoms with Crippen LogP contribution in [0.5, 0.6) is 0 Å². The maximum Gasteiger partial charge on any atom is 0.314 e. The highest BCUT2D eigenvalue weighted by atomic mass is 16.4. The summed E-state index contributed by atoms with van der Waals surface area (Å²) in [5.74, 6) is -1.32. The Morgan fingerprint density at radius 3 is 2.83 bits per heavy atom. The van der Waals surface area contributed by atoms with Gasteiger partial charge in [-0.25, -0.2) is 0 Å². The number of aliphatic carboxylic acids is 1. The van der Waals surface area contributed by atoms with Crippen molar-refractivity contribution in [2.75, 3.05) is 0 Å². The summed E-state index contributed by atoms with van der Waals surface area (Å²) in [4.78, 5) is 21.7. The number of Topliss-reactive ketones (excluding diaryl/α,β-unsaturated/α-hetero) is 1. The Hall–Kier alpha value is -0.860. The molecule has 68 valence electrons. The van der Waals surface area contributed by atoms with Gasteiger partial charge in [-0.2, -0.15) is 0 Å². The standard InChI is InChI=1S/C9H14O3/c1-2-6-3-4-8(10)7(5-6)9(11)12/h6-7H,2-5H2,1H3,(H,11,12)/t6-,7+/m0/s1. The van der Waals surface area contributed by atoms with E-state index in [-0.39, 0.29) is 5.78 Å². The molecule has 0 radical (unpaired) electrons. The Kier molecular flexibility index (Phi) is 2.84. The Morgan fingerprint density at radius 1 is 1.67 bits per heavy atom. The van der Waals surface area contributed by atoms with Gasteiger partial charge in [-0.15, -0.1) is 0 Å². The predicted molar refractivity (Wildman–Crippen MR) is 43.8 cm³/mol. The molecular formula is C9H14O3. The third-order valence-corrected chi connectivity index (χ3v) is 2.63. The molecule has 0 spiro atoms. The lowest BCUT2D eigenvalue weighted by Gasteiger charge is -2.24. The second-order valence-electron chi connectivity index (χ2n) is 3.41. The predicted octanol–water partition coefficient (Wildman–Crippen LogP) is 1.47. The molecule has 0 heterocycles. The molecule has 0 amide bonds. The minimum absolute atomic E-state index is 0.0906. The van der Waals surface area contributed by atoms with Crippen molar-refractivity contribution in [3.63, 3.8) is 0 Å². The van der Waals surface area contributed by atoms with Gasteiger partial charge in [-0.1, -0.05) is 13.3 Å². The van der Waals surface area contributed by atoms with Crippen LogP contribution in [-0.4, -0.2) is 16.9 Å². The van der Waals surface area contributed by atoms with Gasteiger partial charge < -0.3 is 5.11 Å². The molecule has 0 aromatic heterocycles. The monoisotopic (exact) mass is 170 g/mol. The summed E-state index contributed by atoms with van der Waals surface area (Å²) in [5.41, 5.74) is 0. The van der Waals surface area contributed by atoms with Crippen LogP contribution >= 0.6 is 0 Å². The van der Waals surface area contributed by atoms with Crippen LogP contribution in [0.1, 0.15) is 32.6 Å². The van der Waals surface area contributed by atoms with Crippen molar-refractivity contribution in [2.24, 2.45) is 11.8 Å². The van der Waals surface area contributed by atoms with Crippen molar-refractivity contribution in [1.29, 1.82) is 0 Å². The zero-order valence-electron chi connectivity index (χ0n) is 7.25. The van der Waals surface area contributed by atoms with Gasteiger partial charge in [0.2, 0.25) is 0 Å². The number of carbonyl (C=O) groups is 2. The average molecular weight is 170 g/mol. The summed E-state index contributed by atoms with van der Waals surface area (Å²) in [7, 11) is 0. The first kappa shape index (κ1) is 9.23. The normalized spacial score (nSPS) is 30.2. The van der Waals surface area contributed by atoms with Crippen LogP contribution in [0.15, 0.2) is 0 Å². The quantitative estimate of drug-likeness (QED) is 0.638. The Morgan fingerprint density at radius 2 is 2.33 bits per heavy atom. The van der Waals surface area contributed by atoms with E-state index in [9.17, 15) is 9.59 Å². The second kappa shape index (κ2) is 3.70. The van der Waals surface area contributed by atoms with Gasteiger partial charge in [0.15, 0.2) is 0 Å². The van der Waals surface area contributed by atoms with Crippen LogP contribution in [-0.2, 0) is 9.59 Å². The highest BCUT2D eigenvalue weighted by molar-refractivity contribution is 5.98. The van der Waals surface area contributed by atoms with Gasteiger partial charge in [0.25, 0.3) is 0 Å². The van der Waals surface area contributed by atoms with Gasteiger partial charge in [0.05, 0.1) is 0 Å². The number of rotatable bonds is 2. The third-order valence-electron chi connectivity index (χ3n) is 2.63. The van der Waals surface area contributed by atoms with Gasteiger partial charge >= 0.3 is 5.97 Å². The molecule has 0 unspecified atom stereocenters. The van der Waals surface area contributed by atoms with Crippen LogP contribution in [0.25, 0.3) is 0 Å². The van der Waals surface area contributed by atoms with Crippen LogP contribution in [0, 0.1) is 11.8 Å². The molecule has 0 aliphatic heterocycles.